The smallest absolute Gasteiger partial charge is 0.179 e. The molecule has 1 saturated heterocycles. The van der Waals surface area contributed by atoms with Crippen molar-refractivity contribution in [3.05, 3.63) is 15.1 Å². The van der Waals surface area contributed by atoms with Gasteiger partial charge in [0, 0.05) is 19.8 Å². The maximum absolute atomic E-state index is 5.91. The van der Waals surface area contributed by atoms with Crippen molar-refractivity contribution in [1.29, 1.82) is 0 Å². The second-order valence-electron chi connectivity index (χ2n) is 4.39. The largest absolute Gasteiger partial charge is 0.381 e. The van der Waals surface area contributed by atoms with Gasteiger partial charge in [-0.15, -0.1) is 0 Å². The third kappa shape index (κ3) is 2.46. The molecule has 18 heavy (non-hydrogen) atoms. The highest BCUT2D eigenvalue weighted by molar-refractivity contribution is 14.1. The minimum Gasteiger partial charge on any atom is -0.381 e. The van der Waals surface area contributed by atoms with Crippen LogP contribution in [0.1, 0.15) is 12.8 Å². The fourth-order valence-corrected chi connectivity index (χ4v) is 2.96. The third-order valence-corrected chi connectivity index (χ3v) is 4.05. The van der Waals surface area contributed by atoms with E-state index in [0.29, 0.717) is 11.1 Å². The van der Waals surface area contributed by atoms with Gasteiger partial charge in [-0.2, -0.15) is 5.10 Å². The lowest BCUT2D eigenvalue weighted by atomic mass is 10.0. The molecule has 0 atom stereocenters. The lowest BCUT2D eigenvalue weighted by molar-refractivity contribution is 0.0605. The minimum atomic E-state index is 0.409. The molecule has 1 fully saturated rings. The molecule has 0 amide bonds. The summed E-state index contributed by atoms with van der Waals surface area (Å²) in [5.74, 6) is 0.596. The average molecular weight is 379 g/mol. The average Bonchev–Trinajstić information content (AvgIpc) is 2.67. The first-order chi connectivity index (χ1) is 8.74. The van der Waals surface area contributed by atoms with Gasteiger partial charge in [-0.1, -0.05) is 11.6 Å². The van der Waals surface area contributed by atoms with Crippen LogP contribution < -0.4 is 0 Å². The molecule has 0 aromatic carbocycles. The van der Waals surface area contributed by atoms with Crippen LogP contribution in [0.4, 0.5) is 0 Å². The Morgan fingerprint density at radius 1 is 1.44 bits per heavy atom. The van der Waals surface area contributed by atoms with E-state index in [4.69, 9.17) is 16.3 Å². The molecule has 5 nitrogen and oxygen atoms in total. The Labute approximate surface area is 123 Å². The van der Waals surface area contributed by atoms with E-state index in [0.717, 1.165) is 47.5 Å². The Kier molecular flexibility index (Phi) is 3.67. The zero-order chi connectivity index (χ0) is 12.5. The first-order valence-corrected chi connectivity index (χ1v) is 7.32. The summed E-state index contributed by atoms with van der Waals surface area (Å²) in [5.41, 5.74) is 1.60. The van der Waals surface area contributed by atoms with Crippen LogP contribution in [0.15, 0.2) is 6.20 Å². The standard InChI is InChI=1S/C11H12ClIN4O/c12-8-5-14-9-10(13)16-17(11(9)15-8)6-7-1-3-18-4-2-7/h5,7H,1-4,6H2. The van der Waals surface area contributed by atoms with Crippen molar-refractivity contribution < 1.29 is 4.74 Å². The normalized spacial score (nSPS) is 17.4. The number of halogens is 2. The lowest BCUT2D eigenvalue weighted by Crippen LogP contribution is -2.21. The van der Waals surface area contributed by atoms with Gasteiger partial charge in [0.2, 0.25) is 0 Å². The van der Waals surface area contributed by atoms with Gasteiger partial charge < -0.3 is 4.74 Å². The molecular formula is C11H12ClIN4O. The Hall–Kier alpha value is -0.470. The molecule has 0 saturated carbocycles. The highest BCUT2D eigenvalue weighted by atomic mass is 127. The van der Waals surface area contributed by atoms with E-state index in [1.165, 1.54) is 0 Å². The first-order valence-electron chi connectivity index (χ1n) is 5.86. The van der Waals surface area contributed by atoms with Crippen molar-refractivity contribution in [2.75, 3.05) is 13.2 Å². The van der Waals surface area contributed by atoms with Crippen LogP contribution in [0.2, 0.25) is 5.15 Å². The van der Waals surface area contributed by atoms with Crippen LogP contribution in [0, 0.1) is 9.62 Å². The summed E-state index contributed by atoms with van der Waals surface area (Å²) >= 11 is 8.09. The Bertz CT molecular complexity index is 567. The molecule has 0 unspecified atom stereocenters. The van der Waals surface area contributed by atoms with Gasteiger partial charge in [-0.05, 0) is 41.4 Å². The van der Waals surface area contributed by atoms with Gasteiger partial charge >= 0.3 is 0 Å². The molecule has 3 heterocycles. The van der Waals surface area contributed by atoms with Crippen molar-refractivity contribution in [1.82, 2.24) is 19.7 Å². The fourth-order valence-electron chi connectivity index (χ4n) is 2.19. The number of rotatable bonds is 2. The molecule has 0 N–H and O–H groups in total. The molecule has 96 valence electrons. The number of ether oxygens (including phenoxy) is 1. The van der Waals surface area contributed by atoms with Crippen LogP contribution in [-0.4, -0.2) is 33.0 Å². The predicted molar refractivity (Wildman–Crippen MR) is 76.6 cm³/mol. The maximum Gasteiger partial charge on any atom is 0.179 e. The number of nitrogens with zero attached hydrogens (tertiary/aromatic N) is 4. The zero-order valence-electron chi connectivity index (χ0n) is 9.64. The summed E-state index contributed by atoms with van der Waals surface area (Å²) in [4.78, 5) is 8.61. The molecule has 1 aliphatic heterocycles. The second kappa shape index (κ2) is 5.26. The minimum absolute atomic E-state index is 0.409. The van der Waals surface area contributed by atoms with Crippen molar-refractivity contribution in [3.63, 3.8) is 0 Å². The molecule has 0 bridgehead atoms. The van der Waals surface area contributed by atoms with E-state index in [1.807, 2.05) is 4.68 Å². The fraction of sp³-hybridized carbons (Fsp3) is 0.545. The van der Waals surface area contributed by atoms with E-state index in [9.17, 15) is 0 Å². The predicted octanol–water partition coefficient (Wildman–Crippen LogP) is 2.51. The van der Waals surface area contributed by atoms with Crippen LogP contribution >= 0.6 is 34.2 Å². The Morgan fingerprint density at radius 2 is 2.22 bits per heavy atom. The van der Waals surface area contributed by atoms with Crippen LogP contribution in [-0.2, 0) is 11.3 Å². The van der Waals surface area contributed by atoms with Crippen LogP contribution in [0.3, 0.4) is 0 Å². The first kappa shape index (κ1) is 12.6. The van der Waals surface area contributed by atoms with Crippen molar-refractivity contribution in [2.24, 2.45) is 5.92 Å². The third-order valence-electron chi connectivity index (χ3n) is 3.15. The quantitative estimate of drug-likeness (QED) is 0.754. The summed E-state index contributed by atoms with van der Waals surface area (Å²) in [6, 6.07) is 0. The van der Waals surface area contributed by atoms with Gasteiger partial charge in [-0.3, -0.25) is 0 Å². The zero-order valence-corrected chi connectivity index (χ0v) is 12.6. The summed E-state index contributed by atoms with van der Waals surface area (Å²) in [7, 11) is 0. The van der Waals surface area contributed by atoms with E-state index < -0.39 is 0 Å². The maximum atomic E-state index is 5.91. The number of aromatic nitrogens is 4. The van der Waals surface area contributed by atoms with Gasteiger partial charge in [0.05, 0.1) is 6.20 Å². The van der Waals surface area contributed by atoms with Crippen molar-refractivity contribution >= 4 is 45.4 Å². The molecule has 0 radical (unpaired) electrons. The Balaban J connectivity index is 1.93. The summed E-state index contributed by atoms with van der Waals surface area (Å²) < 4.78 is 8.17. The Morgan fingerprint density at radius 3 is 3.00 bits per heavy atom. The lowest BCUT2D eigenvalue weighted by Gasteiger charge is -2.21. The summed E-state index contributed by atoms with van der Waals surface area (Å²) in [5, 5.41) is 4.91. The summed E-state index contributed by atoms with van der Waals surface area (Å²) in [6.45, 7) is 2.54. The van der Waals surface area contributed by atoms with Gasteiger partial charge in [0.15, 0.2) is 9.35 Å². The van der Waals surface area contributed by atoms with Gasteiger partial charge in [-0.25, -0.2) is 14.6 Å². The highest BCUT2D eigenvalue weighted by Gasteiger charge is 2.18. The molecule has 1 aliphatic rings. The number of fused-ring (bicyclic) bond motifs is 1. The van der Waals surface area contributed by atoms with Gasteiger partial charge in [0.1, 0.15) is 10.7 Å². The van der Waals surface area contributed by atoms with E-state index in [2.05, 4.69) is 37.7 Å². The van der Waals surface area contributed by atoms with E-state index >= 15 is 0 Å². The molecule has 0 spiro atoms. The van der Waals surface area contributed by atoms with E-state index in [1.54, 1.807) is 6.20 Å². The van der Waals surface area contributed by atoms with Crippen LogP contribution in [0.25, 0.3) is 11.2 Å². The monoisotopic (exact) mass is 378 g/mol. The molecule has 2 aromatic heterocycles. The molecular weight excluding hydrogens is 367 g/mol. The molecule has 0 aliphatic carbocycles. The molecule has 7 heteroatoms. The highest BCUT2D eigenvalue weighted by Crippen LogP contribution is 2.22. The van der Waals surface area contributed by atoms with Gasteiger partial charge in [0.25, 0.3) is 0 Å². The number of hydrogen-bond donors (Lipinski definition) is 0. The van der Waals surface area contributed by atoms with Crippen molar-refractivity contribution in [3.8, 4) is 0 Å². The SMILES string of the molecule is Clc1cnc2c(I)nn(CC3CCOCC3)c2n1. The summed E-state index contributed by atoms with van der Waals surface area (Å²) in [6.07, 6.45) is 3.71. The molecule has 2 aromatic rings. The second-order valence-corrected chi connectivity index (χ2v) is 5.80. The van der Waals surface area contributed by atoms with Crippen LogP contribution in [0.5, 0.6) is 0 Å². The topological polar surface area (TPSA) is 52.8 Å². The van der Waals surface area contributed by atoms with E-state index in [-0.39, 0.29) is 0 Å². The number of hydrogen-bond acceptors (Lipinski definition) is 4. The molecule has 3 rings (SSSR count). The van der Waals surface area contributed by atoms with Crippen molar-refractivity contribution in [2.45, 2.75) is 19.4 Å².